The molecule has 0 aromatic carbocycles. The van der Waals surface area contributed by atoms with E-state index in [1.807, 2.05) is 0 Å². The molecule has 0 radical (unpaired) electrons. The quantitative estimate of drug-likeness (QED) is 0.374. The van der Waals surface area contributed by atoms with E-state index in [4.69, 9.17) is 9.47 Å². The zero-order chi connectivity index (χ0) is 9.68. The molecule has 1 aliphatic rings. The first-order valence-corrected chi connectivity index (χ1v) is 4.77. The summed E-state index contributed by atoms with van der Waals surface area (Å²) < 4.78 is 9.85. The number of hydrogen-bond acceptors (Lipinski definition) is 3. The van der Waals surface area contributed by atoms with Crippen molar-refractivity contribution >= 4 is 6.16 Å². The maximum Gasteiger partial charge on any atom is 0.509 e. The minimum Gasteiger partial charge on any atom is -0.427 e. The van der Waals surface area contributed by atoms with Crippen LogP contribution in [0, 0.1) is 0 Å². The number of carbonyl (C=O) groups is 1. The highest BCUT2D eigenvalue weighted by Gasteiger charge is 2.33. The Morgan fingerprint density at radius 3 is 2.85 bits per heavy atom. The number of cyclic esters (lactones) is 2. The lowest BCUT2D eigenvalue weighted by Crippen LogP contribution is -2.19. The van der Waals surface area contributed by atoms with Gasteiger partial charge in [-0.25, -0.2) is 4.79 Å². The fraction of sp³-hybridized carbons (Fsp3) is 0.700. The maximum absolute atomic E-state index is 10.8. The monoisotopic (exact) mass is 184 g/mol. The lowest BCUT2D eigenvalue weighted by Gasteiger charge is -2.10. The number of ether oxygens (including phenoxy) is 2. The Bertz CT molecular complexity index is 189. The van der Waals surface area contributed by atoms with Gasteiger partial charge in [0.25, 0.3) is 0 Å². The van der Waals surface area contributed by atoms with Crippen molar-refractivity contribution in [1.29, 1.82) is 0 Å². The third-order valence-electron chi connectivity index (χ3n) is 2.17. The summed E-state index contributed by atoms with van der Waals surface area (Å²) in [5.41, 5.74) is 0. The highest BCUT2D eigenvalue weighted by molar-refractivity contribution is 5.62. The second kappa shape index (κ2) is 4.90. The van der Waals surface area contributed by atoms with E-state index in [1.54, 1.807) is 6.08 Å². The number of unbranched alkanes of at least 4 members (excludes halogenated alkanes) is 2. The van der Waals surface area contributed by atoms with E-state index in [0.717, 1.165) is 19.3 Å². The molecule has 0 aromatic heterocycles. The van der Waals surface area contributed by atoms with E-state index in [2.05, 4.69) is 13.5 Å². The number of rotatable bonds is 5. The second-order valence-corrected chi connectivity index (χ2v) is 3.22. The van der Waals surface area contributed by atoms with Gasteiger partial charge in [0.2, 0.25) is 0 Å². The van der Waals surface area contributed by atoms with Crippen molar-refractivity contribution < 1.29 is 14.3 Å². The van der Waals surface area contributed by atoms with Crippen LogP contribution in [0.3, 0.4) is 0 Å². The zero-order valence-corrected chi connectivity index (χ0v) is 7.99. The molecule has 0 aromatic rings. The van der Waals surface area contributed by atoms with Crippen molar-refractivity contribution in [3.63, 3.8) is 0 Å². The third-order valence-corrected chi connectivity index (χ3v) is 2.17. The molecule has 1 fully saturated rings. The predicted molar refractivity (Wildman–Crippen MR) is 49.5 cm³/mol. The Hall–Kier alpha value is -0.990. The van der Waals surface area contributed by atoms with E-state index in [0.29, 0.717) is 0 Å². The summed E-state index contributed by atoms with van der Waals surface area (Å²) in [4.78, 5) is 10.8. The topological polar surface area (TPSA) is 35.5 Å². The molecule has 0 spiro atoms. The number of carbonyl (C=O) groups excluding carboxylic acids is 1. The molecule has 2 atom stereocenters. The van der Waals surface area contributed by atoms with Crippen LogP contribution in [0.25, 0.3) is 0 Å². The Kier molecular flexibility index (Phi) is 3.80. The van der Waals surface area contributed by atoms with Gasteiger partial charge in [0.15, 0.2) is 6.10 Å². The third kappa shape index (κ3) is 2.76. The average Bonchev–Trinajstić information content (AvgIpc) is 2.47. The fourth-order valence-corrected chi connectivity index (χ4v) is 1.42. The van der Waals surface area contributed by atoms with Crippen molar-refractivity contribution in [2.45, 2.75) is 44.8 Å². The molecule has 1 aliphatic heterocycles. The number of hydrogen-bond donors (Lipinski definition) is 0. The van der Waals surface area contributed by atoms with E-state index in [1.165, 1.54) is 6.42 Å². The molecule has 3 heteroatoms. The van der Waals surface area contributed by atoms with Crippen molar-refractivity contribution in [2.24, 2.45) is 0 Å². The van der Waals surface area contributed by atoms with Crippen LogP contribution in [0.1, 0.15) is 32.6 Å². The first-order chi connectivity index (χ1) is 6.27. The highest BCUT2D eigenvalue weighted by atomic mass is 16.8. The molecular weight excluding hydrogens is 168 g/mol. The Morgan fingerprint density at radius 1 is 1.46 bits per heavy atom. The second-order valence-electron chi connectivity index (χ2n) is 3.22. The summed E-state index contributed by atoms with van der Waals surface area (Å²) >= 11 is 0. The van der Waals surface area contributed by atoms with Crippen molar-refractivity contribution in [2.75, 3.05) is 0 Å². The summed E-state index contributed by atoms with van der Waals surface area (Å²) in [6, 6.07) is 0. The first kappa shape index (κ1) is 10.1. The molecule has 1 saturated heterocycles. The van der Waals surface area contributed by atoms with Gasteiger partial charge in [-0.2, -0.15) is 0 Å². The van der Waals surface area contributed by atoms with Gasteiger partial charge in [0.05, 0.1) is 0 Å². The summed E-state index contributed by atoms with van der Waals surface area (Å²) in [5, 5.41) is 0. The van der Waals surface area contributed by atoms with Gasteiger partial charge >= 0.3 is 6.16 Å². The van der Waals surface area contributed by atoms with E-state index in [-0.39, 0.29) is 12.2 Å². The predicted octanol–water partition coefficient (Wildman–Crippen LogP) is 2.66. The van der Waals surface area contributed by atoms with Gasteiger partial charge in [0.1, 0.15) is 6.10 Å². The largest absolute Gasteiger partial charge is 0.509 e. The van der Waals surface area contributed by atoms with E-state index < -0.39 is 6.16 Å². The van der Waals surface area contributed by atoms with Crippen LogP contribution >= 0.6 is 0 Å². The molecule has 0 aliphatic carbocycles. The standard InChI is InChI=1S/C10H16O3/c1-3-5-6-7-9-8(4-2)12-10(11)13-9/h4,8-9H,2-3,5-7H2,1H3. The molecule has 0 saturated carbocycles. The van der Waals surface area contributed by atoms with Crippen LogP contribution in [0.15, 0.2) is 12.7 Å². The Labute approximate surface area is 78.7 Å². The molecule has 0 bridgehead atoms. The lowest BCUT2D eigenvalue weighted by atomic mass is 10.1. The average molecular weight is 184 g/mol. The van der Waals surface area contributed by atoms with Crippen LogP contribution in [-0.2, 0) is 9.47 Å². The minimum atomic E-state index is -0.564. The van der Waals surface area contributed by atoms with Crippen LogP contribution in [0.2, 0.25) is 0 Å². The van der Waals surface area contributed by atoms with Crippen LogP contribution in [0.4, 0.5) is 4.79 Å². The first-order valence-electron chi connectivity index (χ1n) is 4.77. The van der Waals surface area contributed by atoms with Crippen molar-refractivity contribution in [3.8, 4) is 0 Å². The van der Waals surface area contributed by atoms with Crippen LogP contribution in [0.5, 0.6) is 0 Å². The van der Waals surface area contributed by atoms with Gasteiger partial charge < -0.3 is 9.47 Å². The molecule has 0 N–H and O–H groups in total. The molecule has 74 valence electrons. The van der Waals surface area contributed by atoms with Gasteiger partial charge in [-0.15, -0.1) is 0 Å². The normalized spacial score (nSPS) is 26.7. The SMILES string of the molecule is C=CC1OC(=O)OC1CCCCC. The summed E-state index contributed by atoms with van der Waals surface area (Å²) in [6.45, 7) is 5.74. The highest BCUT2D eigenvalue weighted by Crippen LogP contribution is 2.21. The van der Waals surface area contributed by atoms with Gasteiger partial charge in [-0.3, -0.25) is 0 Å². The Balaban J connectivity index is 2.31. The molecule has 1 rings (SSSR count). The van der Waals surface area contributed by atoms with Gasteiger partial charge in [-0.1, -0.05) is 26.3 Å². The maximum atomic E-state index is 10.8. The Morgan fingerprint density at radius 2 is 2.23 bits per heavy atom. The summed E-state index contributed by atoms with van der Waals surface area (Å²) in [6.07, 6.45) is 4.98. The minimum absolute atomic E-state index is 0.114. The smallest absolute Gasteiger partial charge is 0.427 e. The molecule has 2 unspecified atom stereocenters. The summed E-state index contributed by atoms with van der Waals surface area (Å²) in [5.74, 6) is 0. The zero-order valence-electron chi connectivity index (χ0n) is 7.99. The fourth-order valence-electron chi connectivity index (χ4n) is 1.42. The van der Waals surface area contributed by atoms with Gasteiger partial charge in [-0.05, 0) is 18.9 Å². The molecular formula is C10H16O3. The van der Waals surface area contributed by atoms with Crippen LogP contribution in [-0.4, -0.2) is 18.4 Å². The van der Waals surface area contributed by atoms with Crippen molar-refractivity contribution in [1.82, 2.24) is 0 Å². The van der Waals surface area contributed by atoms with Crippen LogP contribution < -0.4 is 0 Å². The molecule has 13 heavy (non-hydrogen) atoms. The van der Waals surface area contributed by atoms with E-state index in [9.17, 15) is 4.79 Å². The van der Waals surface area contributed by atoms with E-state index >= 15 is 0 Å². The van der Waals surface area contributed by atoms with Crippen molar-refractivity contribution in [3.05, 3.63) is 12.7 Å². The lowest BCUT2D eigenvalue weighted by molar-refractivity contribution is 0.115. The van der Waals surface area contributed by atoms with Gasteiger partial charge in [0, 0.05) is 0 Å². The summed E-state index contributed by atoms with van der Waals surface area (Å²) in [7, 11) is 0. The molecule has 1 heterocycles. The molecule has 3 nitrogen and oxygen atoms in total. The molecule has 0 amide bonds.